The number of hydrogen-bond donors (Lipinski definition) is 3. The van der Waals surface area contributed by atoms with E-state index < -0.39 is 0 Å². The maximum absolute atomic E-state index is 3.70. The average Bonchev–Trinajstić information content (AvgIpc) is 2.65. The van der Waals surface area contributed by atoms with Crippen LogP contribution in [-0.4, -0.2) is 24.7 Å². The normalized spacial score (nSPS) is 54.7. The molecule has 1 aliphatic carbocycles. The van der Waals surface area contributed by atoms with Gasteiger partial charge in [0.25, 0.3) is 0 Å². The van der Waals surface area contributed by atoms with Gasteiger partial charge in [-0.2, -0.15) is 0 Å². The van der Waals surface area contributed by atoms with Crippen LogP contribution in [0.15, 0.2) is 0 Å². The van der Waals surface area contributed by atoms with E-state index in [4.69, 9.17) is 0 Å². The van der Waals surface area contributed by atoms with Crippen molar-refractivity contribution in [2.75, 3.05) is 6.54 Å². The first-order valence-electron chi connectivity index (χ1n) is 5.59. The van der Waals surface area contributed by atoms with Crippen molar-refractivity contribution in [2.24, 2.45) is 11.8 Å². The molecule has 3 fully saturated rings. The number of rotatable bonds is 0. The zero-order valence-electron chi connectivity index (χ0n) is 8.22. The van der Waals surface area contributed by atoms with E-state index >= 15 is 0 Å². The Kier molecular flexibility index (Phi) is 1.86. The summed E-state index contributed by atoms with van der Waals surface area (Å²) in [6.07, 6.45) is 4.14. The standard InChI is InChI=1S/C10H19N3/c1-6-4-8-9(12-6)3-2-7-5-11-13-10(7)8/h6-13H,2-5H2,1H3. The minimum atomic E-state index is 0.733. The molecule has 13 heavy (non-hydrogen) atoms. The predicted octanol–water partition coefficient (Wildman–Crippen LogP) is 0.239. The van der Waals surface area contributed by atoms with Gasteiger partial charge in [0, 0.05) is 24.7 Å². The lowest BCUT2D eigenvalue weighted by atomic mass is 9.75. The van der Waals surface area contributed by atoms with Crippen molar-refractivity contribution in [2.45, 2.75) is 44.3 Å². The topological polar surface area (TPSA) is 36.1 Å². The van der Waals surface area contributed by atoms with Gasteiger partial charge in [-0.05, 0) is 38.0 Å². The molecule has 0 bridgehead atoms. The van der Waals surface area contributed by atoms with Crippen LogP contribution >= 0.6 is 0 Å². The Labute approximate surface area is 79.6 Å². The second kappa shape index (κ2) is 2.94. The first kappa shape index (κ1) is 8.21. The molecule has 5 unspecified atom stereocenters. The highest BCUT2D eigenvalue weighted by molar-refractivity contribution is 5.02. The Bertz CT molecular complexity index is 206. The van der Waals surface area contributed by atoms with E-state index in [-0.39, 0.29) is 0 Å². The summed E-state index contributed by atoms with van der Waals surface area (Å²) >= 11 is 0. The fourth-order valence-electron chi connectivity index (χ4n) is 3.51. The number of hydrogen-bond acceptors (Lipinski definition) is 3. The lowest BCUT2D eigenvalue weighted by molar-refractivity contribution is 0.216. The van der Waals surface area contributed by atoms with Crippen LogP contribution < -0.4 is 16.2 Å². The molecule has 0 aromatic carbocycles. The molecule has 2 heterocycles. The first-order valence-corrected chi connectivity index (χ1v) is 5.59. The van der Waals surface area contributed by atoms with Crippen LogP contribution in [0.4, 0.5) is 0 Å². The average molecular weight is 181 g/mol. The fraction of sp³-hybridized carbons (Fsp3) is 1.00. The predicted molar refractivity (Wildman–Crippen MR) is 52.1 cm³/mol. The lowest BCUT2D eigenvalue weighted by Gasteiger charge is -2.34. The van der Waals surface area contributed by atoms with Gasteiger partial charge in [0.05, 0.1) is 0 Å². The van der Waals surface area contributed by atoms with E-state index in [1.165, 1.54) is 25.8 Å². The molecule has 3 nitrogen and oxygen atoms in total. The van der Waals surface area contributed by atoms with Gasteiger partial charge >= 0.3 is 0 Å². The minimum Gasteiger partial charge on any atom is -0.311 e. The number of hydrazine groups is 1. The Hall–Kier alpha value is -0.120. The largest absolute Gasteiger partial charge is 0.311 e. The molecule has 0 amide bonds. The molecule has 0 radical (unpaired) electrons. The second-order valence-corrected chi connectivity index (χ2v) is 4.96. The molecular formula is C10H19N3. The minimum absolute atomic E-state index is 0.733. The molecule has 5 atom stereocenters. The van der Waals surface area contributed by atoms with E-state index in [1.54, 1.807) is 0 Å². The lowest BCUT2D eigenvalue weighted by Crippen LogP contribution is -2.47. The Morgan fingerprint density at radius 2 is 2.15 bits per heavy atom. The molecule has 2 saturated heterocycles. The number of nitrogens with one attached hydrogen (secondary N) is 3. The first-order chi connectivity index (χ1) is 6.34. The molecule has 0 aromatic heterocycles. The van der Waals surface area contributed by atoms with Gasteiger partial charge in [0.1, 0.15) is 0 Å². The molecule has 0 spiro atoms. The van der Waals surface area contributed by atoms with Crippen LogP contribution in [0.2, 0.25) is 0 Å². The van der Waals surface area contributed by atoms with Crippen molar-refractivity contribution in [1.82, 2.24) is 16.2 Å². The van der Waals surface area contributed by atoms with Gasteiger partial charge in [-0.1, -0.05) is 0 Å². The highest BCUT2D eigenvalue weighted by Crippen LogP contribution is 2.37. The third-order valence-corrected chi connectivity index (χ3v) is 4.09. The van der Waals surface area contributed by atoms with E-state index in [9.17, 15) is 0 Å². The summed E-state index contributed by atoms with van der Waals surface area (Å²) < 4.78 is 0. The van der Waals surface area contributed by atoms with Crippen molar-refractivity contribution in [3.05, 3.63) is 0 Å². The van der Waals surface area contributed by atoms with E-state index in [0.717, 1.165) is 30.0 Å². The quantitative estimate of drug-likeness (QED) is 0.501. The molecule has 3 aliphatic rings. The molecule has 3 rings (SSSR count). The van der Waals surface area contributed by atoms with Crippen LogP contribution in [0.25, 0.3) is 0 Å². The van der Waals surface area contributed by atoms with Crippen LogP contribution in [0.1, 0.15) is 26.2 Å². The van der Waals surface area contributed by atoms with Gasteiger partial charge in [-0.25, -0.2) is 0 Å². The molecule has 3 heteroatoms. The fourth-order valence-corrected chi connectivity index (χ4v) is 3.51. The maximum atomic E-state index is 3.70. The Morgan fingerprint density at radius 1 is 1.23 bits per heavy atom. The SMILES string of the molecule is CC1CC2C(CCC3CNNC32)N1. The van der Waals surface area contributed by atoms with Gasteiger partial charge in [-0.15, -0.1) is 0 Å². The van der Waals surface area contributed by atoms with E-state index in [2.05, 4.69) is 23.1 Å². The molecule has 2 aliphatic heterocycles. The highest BCUT2D eigenvalue weighted by Gasteiger charge is 2.45. The van der Waals surface area contributed by atoms with Crippen molar-refractivity contribution in [1.29, 1.82) is 0 Å². The summed E-state index contributed by atoms with van der Waals surface area (Å²) in [6.45, 7) is 3.50. The summed E-state index contributed by atoms with van der Waals surface area (Å²) in [6, 6.07) is 2.27. The van der Waals surface area contributed by atoms with Gasteiger partial charge in [-0.3, -0.25) is 10.9 Å². The zero-order valence-corrected chi connectivity index (χ0v) is 8.22. The summed E-state index contributed by atoms with van der Waals surface area (Å²) in [5, 5.41) is 3.70. The van der Waals surface area contributed by atoms with Crippen molar-refractivity contribution >= 4 is 0 Å². The molecule has 3 N–H and O–H groups in total. The third-order valence-electron chi connectivity index (χ3n) is 4.09. The third kappa shape index (κ3) is 1.22. The summed E-state index contributed by atoms with van der Waals surface area (Å²) in [7, 11) is 0. The number of fused-ring (bicyclic) bond motifs is 3. The smallest absolute Gasteiger partial charge is 0.0297 e. The Morgan fingerprint density at radius 3 is 3.08 bits per heavy atom. The van der Waals surface area contributed by atoms with Gasteiger partial charge < -0.3 is 5.32 Å². The van der Waals surface area contributed by atoms with E-state index in [1.807, 2.05) is 0 Å². The van der Waals surface area contributed by atoms with Crippen LogP contribution in [0, 0.1) is 11.8 Å². The van der Waals surface area contributed by atoms with Crippen molar-refractivity contribution < 1.29 is 0 Å². The van der Waals surface area contributed by atoms with Crippen molar-refractivity contribution in [3.8, 4) is 0 Å². The summed E-state index contributed by atoms with van der Waals surface area (Å²) in [5.74, 6) is 1.78. The molecule has 0 aromatic rings. The zero-order chi connectivity index (χ0) is 8.84. The second-order valence-electron chi connectivity index (χ2n) is 4.96. The van der Waals surface area contributed by atoms with Crippen LogP contribution in [0.5, 0.6) is 0 Å². The van der Waals surface area contributed by atoms with Crippen LogP contribution in [0.3, 0.4) is 0 Å². The summed E-state index contributed by atoms with van der Waals surface area (Å²) in [4.78, 5) is 0. The molecule has 74 valence electrons. The van der Waals surface area contributed by atoms with Gasteiger partial charge in [0.15, 0.2) is 0 Å². The Balaban J connectivity index is 1.79. The summed E-state index contributed by atoms with van der Waals surface area (Å²) in [5.41, 5.74) is 6.77. The van der Waals surface area contributed by atoms with Crippen LogP contribution in [-0.2, 0) is 0 Å². The van der Waals surface area contributed by atoms with Crippen molar-refractivity contribution in [3.63, 3.8) is 0 Å². The van der Waals surface area contributed by atoms with E-state index in [0.29, 0.717) is 0 Å². The van der Waals surface area contributed by atoms with Gasteiger partial charge in [0.2, 0.25) is 0 Å². The monoisotopic (exact) mass is 181 g/mol. The highest BCUT2D eigenvalue weighted by atomic mass is 15.4. The molecular weight excluding hydrogens is 162 g/mol. The maximum Gasteiger partial charge on any atom is 0.0297 e. The molecule has 1 saturated carbocycles.